The number of unbranched alkanes of at least 4 members (excludes halogenated alkanes) is 13. The highest BCUT2D eigenvalue weighted by molar-refractivity contribution is 7.47. The van der Waals surface area contributed by atoms with Gasteiger partial charge in [0.15, 0.2) is 6.10 Å². The van der Waals surface area contributed by atoms with E-state index >= 15 is 0 Å². The monoisotopic (exact) mass is 807 g/mol. The third-order valence-electron chi connectivity index (χ3n) is 8.72. The fourth-order valence-electron chi connectivity index (χ4n) is 5.29. The summed E-state index contributed by atoms with van der Waals surface area (Å²) in [6.45, 7) is 4.25. The fraction of sp³-hybridized carbons (Fsp3) is 0.696. The first-order valence-electron chi connectivity index (χ1n) is 21.7. The topological polar surface area (TPSA) is 108 Å². The molecule has 0 radical (unpaired) electrons. The van der Waals surface area contributed by atoms with Crippen molar-refractivity contribution in [2.45, 2.75) is 161 Å². The molecule has 0 aromatic carbocycles. The third-order valence-corrected chi connectivity index (χ3v) is 9.70. The van der Waals surface area contributed by atoms with Gasteiger partial charge >= 0.3 is 19.8 Å². The van der Waals surface area contributed by atoms with E-state index in [1.54, 1.807) is 0 Å². The molecular formula is C46H81NO8P+. The number of carbonyl (C=O) groups is 2. The summed E-state index contributed by atoms with van der Waals surface area (Å²) < 4.78 is 34.2. The van der Waals surface area contributed by atoms with Crippen molar-refractivity contribution in [1.82, 2.24) is 0 Å². The number of phosphoric acid groups is 1. The van der Waals surface area contributed by atoms with E-state index in [9.17, 15) is 19.0 Å². The van der Waals surface area contributed by atoms with E-state index in [2.05, 4.69) is 86.8 Å². The molecule has 0 spiro atoms. The lowest BCUT2D eigenvalue weighted by molar-refractivity contribution is -0.870. The predicted molar refractivity (Wildman–Crippen MR) is 233 cm³/mol. The van der Waals surface area contributed by atoms with Crippen LogP contribution in [0.1, 0.15) is 155 Å². The van der Waals surface area contributed by atoms with Gasteiger partial charge in [0.25, 0.3) is 0 Å². The van der Waals surface area contributed by atoms with Crippen molar-refractivity contribution in [2.75, 3.05) is 47.5 Å². The average Bonchev–Trinajstić information content (AvgIpc) is 3.15. The number of esters is 2. The van der Waals surface area contributed by atoms with Crippen LogP contribution in [0.2, 0.25) is 0 Å². The van der Waals surface area contributed by atoms with Gasteiger partial charge in [0.1, 0.15) is 19.8 Å². The Morgan fingerprint density at radius 1 is 0.571 bits per heavy atom. The molecule has 9 nitrogen and oxygen atoms in total. The van der Waals surface area contributed by atoms with E-state index < -0.39 is 32.5 Å². The zero-order valence-electron chi connectivity index (χ0n) is 36.1. The number of nitrogens with zero attached hydrogens (tertiary/aromatic N) is 1. The van der Waals surface area contributed by atoms with Crippen molar-refractivity contribution in [1.29, 1.82) is 0 Å². The summed E-state index contributed by atoms with van der Waals surface area (Å²) in [5.41, 5.74) is 0. The van der Waals surface area contributed by atoms with Gasteiger partial charge in [-0.2, -0.15) is 0 Å². The van der Waals surface area contributed by atoms with Crippen LogP contribution in [0.3, 0.4) is 0 Å². The number of likely N-dealkylation sites (N-methyl/N-ethyl adjacent to an activating group) is 1. The first-order chi connectivity index (χ1) is 27.0. The maximum Gasteiger partial charge on any atom is 0.472 e. The van der Waals surface area contributed by atoms with E-state index in [1.807, 2.05) is 21.1 Å². The summed E-state index contributed by atoms with van der Waals surface area (Å²) in [4.78, 5) is 35.3. The lowest BCUT2D eigenvalue weighted by Crippen LogP contribution is -2.37. The minimum atomic E-state index is -4.39. The van der Waals surface area contributed by atoms with Crippen molar-refractivity contribution >= 4 is 19.8 Å². The number of carbonyl (C=O) groups excluding carboxylic acids is 2. The molecule has 0 aromatic heterocycles. The smallest absolute Gasteiger partial charge is 0.462 e. The second-order valence-corrected chi connectivity index (χ2v) is 16.9. The number of hydrogen-bond donors (Lipinski definition) is 1. The Labute approximate surface area is 342 Å². The SMILES string of the molecule is CCC/C=C/C/C=C/C/C=C/C/C=C/CCCCCC(=O)O[C@H](COC(=O)CCCCCCC/C=C/C=C/CCCCCC)COP(=O)(O)OCC[N+](C)(C)C. The quantitative estimate of drug-likeness (QED) is 0.0164. The van der Waals surface area contributed by atoms with Crippen LogP contribution in [0.15, 0.2) is 72.9 Å². The third kappa shape index (κ3) is 41.1. The minimum Gasteiger partial charge on any atom is -0.462 e. The van der Waals surface area contributed by atoms with Crippen molar-refractivity contribution in [3.05, 3.63) is 72.9 Å². The summed E-state index contributed by atoms with van der Waals surface area (Å²) in [6.07, 6.45) is 46.6. The molecule has 0 fully saturated rings. The normalized spacial score (nSPS) is 14.3. The van der Waals surface area contributed by atoms with Gasteiger partial charge in [-0.15, -0.1) is 0 Å². The number of allylic oxidation sites excluding steroid dienone is 12. The summed E-state index contributed by atoms with van der Waals surface area (Å²) in [5.74, 6) is -0.860. The molecule has 0 aliphatic heterocycles. The zero-order chi connectivity index (χ0) is 41.4. The summed E-state index contributed by atoms with van der Waals surface area (Å²) in [7, 11) is 1.43. The van der Waals surface area contributed by atoms with E-state index in [-0.39, 0.29) is 26.1 Å². The first-order valence-corrected chi connectivity index (χ1v) is 23.2. The molecule has 2 atom stereocenters. The van der Waals surface area contributed by atoms with E-state index in [4.69, 9.17) is 18.5 Å². The van der Waals surface area contributed by atoms with Gasteiger partial charge in [-0.1, -0.05) is 138 Å². The molecular weight excluding hydrogens is 725 g/mol. The van der Waals surface area contributed by atoms with Crippen LogP contribution in [-0.4, -0.2) is 74.9 Å². The van der Waals surface area contributed by atoms with Crippen LogP contribution in [0.4, 0.5) is 0 Å². The number of quaternary nitrogens is 1. The van der Waals surface area contributed by atoms with Crippen LogP contribution < -0.4 is 0 Å². The molecule has 0 aromatic rings. The van der Waals surface area contributed by atoms with Crippen LogP contribution in [0.25, 0.3) is 0 Å². The van der Waals surface area contributed by atoms with Gasteiger partial charge in [0, 0.05) is 12.8 Å². The van der Waals surface area contributed by atoms with Crippen molar-refractivity contribution in [2.24, 2.45) is 0 Å². The highest BCUT2D eigenvalue weighted by Gasteiger charge is 2.27. The number of phosphoric ester groups is 1. The molecule has 0 bridgehead atoms. The fourth-order valence-corrected chi connectivity index (χ4v) is 6.03. The Kier molecular flexibility index (Phi) is 36.3. The summed E-state index contributed by atoms with van der Waals surface area (Å²) in [6, 6.07) is 0. The van der Waals surface area contributed by atoms with Gasteiger partial charge in [-0.25, -0.2) is 4.57 Å². The minimum absolute atomic E-state index is 0.0188. The Hall–Kier alpha value is -2.55. The van der Waals surface area contributed by atoms with E-state index in [0.717, 1.165) is 83.5 Å². The first kappa shape index (κ1) is 53.5. The van der Waals surface area contributed by atoms with Gasteiger partial charge in [0.2, 0.25) is 0 Å². The molecule has 0 aliphatic rings. The Bertz CT molecular complexity index is 1180. The van der Waals surface area contributed by atoms with Gasteiger partial charge in [-0.05, 0) is 77.0 Å². The largest absolute Gasteiger partial charge is 0.472 e. The average molecular weight is 807 g/mol. The lowest BCUT2D eigenvalue weighted by Gasteiger charge is -2.24. The van der Waals surface area contributed by atoms with Crippen molar-refractivity contribution < 1.29 is 42.1 Å². The van der Waals surface area contributed by atoms with E-state index in [1.165, 1.54) is 32.1 Å². The van der Waals surface area contributed by atoms with Crippen LogP contribution in [0, 0.1) is 0 Å². The number of rotatable bonds is 38. The van der Waals surface area contributed by atoms with Crippen molar-refractivity contribution in [3.63, 3.8) is 0 Å². The molecule has 0 heterocycles. The lowest BCUT2D eigenvalue weighted by atomic mass is 10.1. The molecule has 0 aliphatic carbocycles. The van der Waals surface area contributed by atoms with Crippen LogP contribution >= 0.6 is 7.82 Å². The molecule has 0 rings (SSSR count). The van der Waals surface area contributed by atoms with Crippen molar-refractivity contribution in [3.8, 4) is 0 Å². The maximum atomic E-state index is 12.7. The van der Waals surface area contributed by atoms with Crippen LogP contribution in [-0.2, 0) is 32.7 Å². The second-order valence-electron chi connectivity index (χ2n) is 15.4. The summed E-state index contributed by atoms with van der Waals surface area (Å²) >= 11 is 0. The molecule has 10 heteroatoms. The predicted octanol–water partition coefficient (Wildman–Crippen LogP) is 12.2. The Morgan fingerprint density at radius 2 is 1.05 bits per heavy atom. The highest BCUT2D eigenvalue weighted by Crippen LogP contribution is 2.43. The second kappa shape index (κ2) is 38.0. The molecule has 56 heavy (non-hydrogen) atoms. The highest BCUT2D eigenvalue weighted by atomic mass is 31.2. The van der Waals surface area contributed by atoms with Gasteiger partial charge in [-0.3, -0.25) is 18.6 Å². The Balaban J connectivity index is 4.48. The van der Waals surface area contributed by atoms with Gasteiger partial charge < -0.3 is 18.9 Å². The zero-order valence-corrected chi connectivity index (χ0v) is 37.0. The molecule has 0 amide bonds. The molecule has 1 unspecified atom stereocenters. The molecule has 0 saturated heterocycles. The number of hydrogen-bond acceptors (Lipinski definition) is 7. The summed E-state index contributed by atoms with van der Waals surface area (Å²) in [5, 5.41) is 0. The van der Waals surface area contributed by atoms with E-state index in [0.29, 0.717) is 23.9 Å². The molecule has 1 N–H and O–H groups in total. The van der Waals surface area contributed by atoms with Crippen LogP contribution in [0.5, 0.6) is 0 Å². The molecule has 322 valence electrons. The molecule has 0 saturated carbocycles. The standard InChI is InChI=1S/C46H80NO8P/c1-6-8-10-12-14-16-18-20-22-23-25-27-29-31-33-35-37-39-46(49)55-44(43-54-56(50,51)53-41-40-47(3,4)5)42-52-45(48)38-36-34-32-30-28-26-24-21-19-17-15-13-11-9-7-2/h10,12,16-19,21-24,27,29,44H,6-9,11,13-15,20,25-26,28,30-43H2,1-5H3/p+1/b12-10+,18-16+,19-17+,23-22+,24-21+,29-27+/t44-/m1/s1. The number of ether oxygens (including phenoxy) is 2. The van der Waals surface area contributed by atoms with Gasteiger partial charge in [0.05, 0.1) is 27.7 Å². The Morgan fingerprint density at radius 3 is 1.62 bits per heavy atom. The maximum absolute atomic E-state index is 12.7.